The number of aliphatic imine (C=N–C) groups is 1. The molecule has 0 unspecified atom stereocenters. The van der Waals surface area contributed by atoms with Gasteiger partial charge in [0, 0.05) is 45.5 Å². The summed E-state index contributed by atoms with van der Waals surface area (Å²) >= 11 is 1.88. The predicted molar refractivity (Wildman–Crippen MR) is 112 cm³/mol. The number of hydrogen-bond acceptors (Lipinski definition) is 4. The van der Waals surface area contributed by atoms with E-state index in [2.05, 4.69) is 39.3 Å². The van der Waals surface area contributed by atoms with Crippen LogP contribution < -0.4 is 10.2 Å². The molecular weight excluding hydrogens is 421 g/mol. The standard InChI is InChI=1S/C16H27N5S.HI/c1-3-17-16(19-9-6-14-22-2)21-12-10-20(11-13-21)15-7-4-5-8-18-15;/h4-5,7-8H,3,6,9-14H2,1-2H3,(H,17,19);1H. The Hall–Kier alpha value is -0.700. The van der Waals surface area contributed by atoms with Crippen molar-refractivity contribution < 1.29 is 0 Å². The highest BCUT2D eigenvalue weighted by Gasteiger charge is 2.20. The average Bonchev–Trinajstić information content (AvgIpc) is 2.59. The van der Waals surface area contributed by atoms with Crippen molar-refractivity contribution in [2.75, 3.05) is 56.2 Å². The van der Waals surface area contributed by atoms with Crippen molar-refractivity contribution in [3.8, 4) is 0 Å². The van der Waals surface area contributed by atoms with Crippen LogP contribution in [0.25, 0.3) is 0 Å². The number of nitrogens with zero attached hydrogens (tertiary/aromatic N) is 4. The van der Waals surface area contributed by atoms with Crippen LogP contribution in [0.4, 0.5) is 5.82 Å². The summed E-state index contributed by atoms with van der Waals surface area (Å²) in [5.74, 6) is 3.31. The van der Waals surface area contributed by atoms with Gasteiger partial charge in [0.15, 0.2) is 5.96 Å². The van der Waals surface area contributed by atoms with Crippen LogP contribution in [0, 0.1) is 0 Å². The van der Waals surface area contributed by atoms with E-state index in [-0.39, 0.29) is 24.0 Å². The molecule has 0 aromatic carbocycles. The van der Waals surface area contributed by atoms with Crippen LogP contribution in [0.15, 0.2) is 29.4 Å². The summed E-state index contributed by atoms with van der Waals surface area (Å²) < 4.78 is 0. The lowest BCUT2D eigenvalue weighted by Gasteiger charge is -2.37. The van der Waals surface area contributed by atoms with Crippen molar-refractivity contribution in [3.05, 3.63) is 24.4 Å². The van der Waals surface area contributed by atoms with Gasteiger partial charge in [-0.25, -0.2) is 4.98 Å². The SMILES string of the molecule is CCNC(=NCCCSC)N1CCN(c2ccccn2)CC1.I. The van der Waals surface area contributed by atoms with Crippen molar-refractivity contribution in [2.45, 2.75) is 13.3 Å². The molecule has 1 aliphatic rings. The van der Waals surface area contributed by atoms with Gasteiger partial charge in [-0.15, -0.1) is 24.0 Å². The first-order valence-corrected chi connectivity index (χ1v) is 9.42. The maximum absolute atomic E-state index is 4.76. The number of halogens is 1. The molecule has 5 nitrogen and oxygen atoms in total. The molecule has 1 aromatic rings. The number of aromatic nitrogens is 1. The first-order chi connectivity index (χ1) is 10.8. The molecule has 1 saturated heterocycles. The zero-order chi connectivity index (χ0) is 15.6. The Bertz CT molecular complexity index is 449. The van der Waals surface area contributed by atoms with E-state index in [4.69, 9.17) is 4.99 Å². The number of thioether (sulfide) groups is 1. The third-order valence-corrected chi connectivity index (χ3v) is 4.35. The van der Waals surface area contributed by atoms with Crippen molar-refractivity contribution in [1.29, 1.82) is 0 Å². The van der Waals surface area contributed by atoms with Gasteiger partial charge in [0.1, 0.15) is 5.82 Å². The molecule has 0 bridgehead atoms. The highest BCUT2D eigenvalue weighted by molar-refractivity contribution is 14.0. The number of nitrogens with one attached hydrogen (secondary N) is 1. The minimum absolute atomic E-state index is 0. The van der Waals surface area contributed by atoms with Crippen LogP contribution in [-0.2, 0) is 0 Å². The number of rotatable bonds is 6. The Kier molecular flexibility index (Phi) is 10.4. The minimum Gasteiger partial charge on any atom is -0.357 e. The zero-order valence-electron chi connectivity index (χ0n) is 14.1. The van der Waals surface area contributed by atoms with Gasteiger partial charge >= 0.3 is 0 Å². The molecule has 0 spiro atoms. The fourth-order valence-corrected chi connectivity index (χ4v) is 2.93. The zero-order valence-corrected chi connectivity index (χ0v) is 17.2. The molecule has 0 atom stereocenters. The molecule has 0 amide bonds. The fourth-order valence-electron chi connectivity index (χ4n) is 2.51. The Labute approximate surface area is 161 Å². The summed E-state index contributed by atoms with van der Waals surface area (Å²) in [5, 5.41) is 3.42. The molecule has 2 rings (SSSR count). The largest absolute Gasteiger partial charge is 0.357 e. The Morgan fingerprint density at radius 2 is 2.09 bits per heavy atom. The third kappa shape index (κ3) is 6.74. The summed E-state index contributed by atoms with van der Waals surface area (Å²) in [5.41, 5.74) is 0. The van der Waals surface area contributed by atoms with Crippen molar-refractivity contribution in [1.82, 2.24) is 15.2 Å². The summed E-state index contributed by atoms with van der Waals surface area (Å²) in [6.45, 7) is 7.92. The van der Waals surface area contributed by atoms with Gasteiger partial charge < -0.3 is 15.1 Å². The van der Waals surface area contributed by atoms with Crippen molar-refractivity contribution >= 4 is 47.5 Å². The van der Waals surface area contributed by atoms with E-state index in [9.17, 15) is 0 Å². The smallest absolute Gasteiger partial charge is 0.194 e. The quantitative estimate of drug-likeness (QED) is 0.313. The molecule has 1 fully saturated rings. The molecule has 7 heteroatoms. The van der Waals surface area contributed by atoms with Gasteiger partial charge in [-0.2, -0.15) is 11.8 Å². The molecule has 1 aromatic heterocycles. The number of pyridine rings is 1. The second-order valence-electron chi connectivity index (χ2n) is 5.24. The molecule has 1 aliphatic heterocycles. The topological polar surface area (TPSA) is 43.8 Å². The molecule has 1 N–H and O–H groups in total. The molecular formula is C16H28IN5S. The molecule has 23 heavy (non-hydrogen) atoms. The van der Waals surface area contributed by atoms with Gasteiger partial charge in [0.25, 0.3) is 0 Å². The third-order valence-electron chi connectivity index (χ3n) is 3.66. The number of anilines is 1. The first-order valence-electron chi connectivity index (χ1n) is 8.03. The van der Waals surface area contributed by atoms with E-state index in [0.717, 1.165) is 57.5 Å². The monoisotopic (exact) mass is 449 g/mol. The summed E-state index contributed by atoms with van der Waals surface area (Å²) in [6, 6.07) is 6.09. The number of hydrogen-bond donors (Lipinski definition) is 1. The van der Waals surface area contributed by atoms with Gasteiger partial charge in [0.2, 0.25) is 0 Å². The van der Waals surface area contributed by atoms with Gasteiger partial charge in [-0.05, 0) is 37.5 Å². The lowest BCUT2D eigenvalue weighted by molar-refractivity contribution is 0.371. The number of piperazine rings is 1. The van der Waals surface area contributed by atoms with Gasteiger partial charge in [-0.3, -0.25) is 4.99 Å². The van der Waals surface area contributed by atoms with E-state index in [0.29, 0.717) is 0 Å². The van der Waals surface area contributed by atoms with Crippen molar-refractivity contribution in [2.24, 2.45) is 4.99 Å². The van der Waals surface area contributed by atoms with E-state index < -0.39 is 0 Å². The van der Waals surface area contributed by atoms with Crippen molar-refractivity contribution in [3.63, 3.8) is 0 Å². The van der Waals surface area contributed by atoms with Crippen LogP contribution in [0.2, 0.25) is 0 Å². The lowest BCUT2D eigenvalue weighted by Crippen LogP contribution is -2.52. The van der Waals surface area contributed by atoms with Crippen LogP contribution >= 0.6 is 35.7 Å². The maximum Gasteiger partial charge on any atom is 0.194 e. The lowest BCUT2D eigenvalue weighted by atomic mass is 10.3. The van der Waals surface area contributed by atoms with E-state index in [1.54, 1.807) is 0 Å². The van der Waals surface area contributed by atoms with Gasteiger partial charge in [0.05, 0.1) is 0 Å². The van der Waals surface area contributed by atoms with E-state index >= 15 is 0 Å². The highest BCUT2D eigenvalue weighted by Crippen LogP contribution is 2.12. The molecule has 0 aliphatic carbocycles. The summed E-state index contributed by atoms with van der Waals surface area (Å²) in [6.07, 6.45) is 5.15. The van der Waals surface area contributed by atoms with E-state index in [1.165, 1.54) is 5.75 Å². The Morgan fingerprint density at radius 3 is 2.70 bits per heavy atom. The predicted octanol–water partition coefficient (Wildman–Crippen LogP) is 2.54. The van der Waals surface area contributed by atoms with Crippen LogP contribution in [0.3, 0.4) is 0 Å². The maximum atomic E-state index is 4.76. The van der Waals surface area contributed by atoms with E-state index in [1.807, 2.05) is 30.1 Å². The van der Waals surface area contributed by atoms with Crippen LogP contribution in [-0.4, -0.2) is 67.1 Å². The molecule has 0 radical (unpaired) electrons. The Balaban J connectivity index is 0.00000264. The normalized spacial score (nSPS) is 15.3. The molecule has 0 saturated carbocycles. The van der Waals surface area contributed by atoms with Gasteiger partial charge in [-0.1, -0.05) is 6.07 Å². The average molecular weight is 449 g/mol. The highest BCUT2D eigenvalue weighted by atomic mass is 127. The minimum atomic E-state index is 0. The second kappa shape index (κ2) is 11.8. The second-order valence-corrected chi connectivity index (χ2v) is 6.23. The molecule has 130 valence electrons. The first kappa shape index (κ1) is 20.3. The number of guanidine groups is 1. The molecule has 2 heterocycles. The summed E-state index contributed by atoms with van der Waals surface area (Å²) in [4.78, 5) is 13.9. The Morgan fingerprint density at radius 1 is 1.30 bits per heavy atom. The van der Waals surface area contributed by atoms with Crippen LogP contribution in [0.1, 0.15) is 13.3 Å². The van der Waals surface area contributed by atoms with Crippen LogP contribution in [0.5, 0.6) is 0 Å². The summed E-state index contributed by atoms with van der Waals surface area (Å²) in [7, 11) is 0. The fraction of sp³-hybridized carbons (Fsp3) is 0.625.